The molecule has 4 nitrogen and oxygen atoms in total. The average molecular weight is 240 g/mol. The molecule has 1 aliphatic rings. The number of nitrogens with one attached hydrogen (secondary N) is 2. The van der Waals surface area contributed by atoms with Gasteiger partial charge in [-0.2, -0.15) is 0 Å². The molecule has 0 aromatic carbocycles. The predicted molar refractivity (Wildman–Crippen MR) is 68.6 cm³/mol. The van der Waals surface area contributed by atoms with Crippen molar-refractivity contribution in [2.24, 2.45) is 5.41 Å². The van der Waals surface area contributed by atoms with Crippen molar-refractivity contribution in [1.29, 1.82) is 0 Å². The van der Waals surface area contributed by atoms with Gasteiger partial charge in [-0.25, -0.2) is 0 Å². The van der Waals surface area contributed by atoms with E-state index in [0.717, 1.165) is 25.8 Å². The van der Waals surface area contributed by atoms with Gasteiger partial charge in [0.1, 0.15) is 0 Å². The molecule has 0 radical (unpaired) electrons. The Bertz CT molecular complexity index is 264. The van der Waals surface area contributed by atoms with Gasteiger partial charge in [0.25, 0.3) is 0 Å². The topological polar surface area (TPSA) is 50.4 Å². The highest BCUT2D eigenvalue weighted by Gasteiger charge is 2.36. The Labute approximate surface area is 104 Å². The van der Waals surface area contributed by atoms with Gasteiger partial charge in [-0.15, -0.1) is 0 Å². The van der Waals surface area contributed by atoms with Crippen LogP contribution in [0.5, 0.6) is 0 Å². The van der Waals surface area contributed by atoms with Crippen molar-refractivity contribution in [3.8, 4) is 0 Å². The van der Waals surface area contributed by atoms with Gasteiger partial charge in [0.15, 0.2) is 0 Å². The van der Waals surface area contributed by atoms with Crippen LogP contribution in [-0.4, -0.2) is 31.6 Å². The van der Waals surface area contributed by atoms with Crippen LogP contribution in [0.15, 0.2) is 12.8 Å². The smallest absolute Gasteiger partial charge is 0.237 e. The van der Waals surface area contributed by atoms with Crippen LogP contribution >= 0.6 is 0 Å². The van der Waals surface area contributed by atoms with E-state index in [4.69, 9.17) is 4.74 Å². The number of carbonyl (C=O) groups excluding carboxylic acids is 1. The Balaban J connectivity index is 2.28. The van der Waals surface area contributed by atoms with Gasteiger partial charge in [0.2, 0.25) is 5.91 Å². The van der Waals surface area contributed by atoms with E-state index in [9.17, 15) is 4.79 Å². The zero-order chi connectivity index (χ0) is 12.7. The van der Waals surface area contributed by atoms with Crippen LogP contribution in [0.25, 0.3) is 0 Å². The third kappa shape index (κ3) is 4.38. The molecule has 0 aromatic rings. The molecule has 0 bridgehead atoms. The molecule has 0 spiro atoms. The van der Waals surface area contributed by atoms with Gasteiger partial charge >= 0.3 is 0 Å². The van der Waals surface area contributed by atoms with E-state index in [1.807, 2.05) is 0 Å². The van der Waals surface area contributed by atoms with Crippen molar-refractivity contribution in [2.45, 2.75) is 39.2 Å². The maximum atomic E-state index is 12.0. The lowest BCUT2D eigenvalue weighted by Gasteiger charge is -2.38. The van der Waals surface area contributed by atoms with Crippen molar-refractivity contribution in [3.63, 3.8) is 0 Å². The lowest BCUT2D eigenvalue weighted by Crippen LogP contribution is -2.55. The molecule has 1 amide bonds. The molecular weight excluding hydrogens is 216 g/mol. The molecule has 1 fully saturated rings. The monoisotopic (exact) mass is 240 g/mol. The van der Waals surface area contributed by atoms with Crippen LogP contribution in [0.1, 0.15) is 33.1 Å². The lowest BCUT2D eigenvalue weighted by molar-refractivity contribution is -0.126. The number of carbonyl (C=O) groups is 1. The van der Waals surface area contributed by atoms with E-state index < -0.39 is 0 Å². The molecule has 1 aliphatic heterocycles. The highest BCUT2D eigenvalue weighted by Crippen LogP contribution is 2.29. The summed E-state index contributed by atoms with van der Waals surface area (Å²) in [5.74, 6) is 0.105. The van der Waals surface area contributed by atoms with Gasteiger partial charge in [-0.05, 0) is 31.2 Å². The van der Waals surface area contributed by atoms with Crippen LogP contribution in [0.3, 0.4) is 0 Å². The van der Waals surface area contributed by atoms with Crippen LogP contribution in [-0.2, 0) is 9.53 Å². The van der Waals surface area contributed by atoms with Gasteiger partial charge in [-0.1, -0.05) is 20.4 Å². The van der Waals surface area contributed by atoms with Gasteiger partial charge in [0, 0.05) is 6.54 Å². The maximum absolute atomic E-state index is 12.0. The normalized spacial score (nSPS) is 22.8. The fourth-order valence-electron chi connectivity index (χ4n) is 2.21. The molecular formula is C13H24N2O2. The third-order valence-electron chi connectivity index (χ3n) is 3.25. The summed E-state index contributed by atoms with van der Waals surface area (Å²) >= 11 is 0. The van der Waals surface area contributed by atoms with E-state index >= 15 is 0 Å². The molecule has 1 atom stereocenters. The van der Waals surface area contributed by atoms with Gasteiger partial charge in [-0.3, -0.25) is 4.79 Å². The number of rotatable bonds is 6. The summed E-state index contributed by atoms with van der Waals surface area (Å²) in [6, 6.07) is -0.0726. The highest BCUT2D eigenvalue weighted by molar-refractivity contribution is 5.82. The minimum absolute atomic E-state index is 0.0416. The summed E-state index contributed by atoms with van der Waals surface area (Å²) in [6.45, 7) is 9.94. The number of ether oxygens (including phenoxy) is 1. The number of piperidine rings is 1. The molecule has 1 unspecified atom stereocenters. The predicted octanol–water partition coefficient (Wildman–Crippen LogP) is 1.43. The van der Waals surface area contributed by atoms with Crippen LogP contribution in [0.4, 0.5) is 0 Å². The molecule has 1 rings (SSSR count). The second kappa shape index (κ2) is 6.64. The van der Waals surface area contributed by atoms with Crippen molar-refractivity contribution >= 4 is 5.91 Å². The first kappa shape index (κ1) is 14.0. The number of hydrogen-bond donors (Lipinski definition) is 2. The molecule has 4 heteroatoms. The Kier molecular flexibility index (Phi) is 5.48. The first-order valence-electron chi connectivity index (χ1n) is 6.31. The largest absolute Gasteiger partial charge is 0.502 e. The zero-order valence-electron chi connectivity index (χ0n) is 10.9. The summed E-state index contributed by atoms with van der Waals surface area (Å²) < 4.78 is 5.00. The summed E-state index contributed by atoms with van der Waals surface area (Å²) in [5, 5.41) is 6.25. The minimum Gasteiger partial charge on any atom is -0.502 e. The Morgan fingerprint density at radius 1 is 1.65 bits per heavy atom. The molecule has 0 aromatic heterocycles. The lowest BCUT2D eigenvalue weighted by atomic mass is 9.77. The third-order valence-corrected chi connectivity index (χ3v) is 3.25. The quantitative estimate of drug-likeness (QED) is 0.545. The molecule has 1 saturated heterocycles. The first-order chi connectivity index (χ1) is 8.08. The maximum Gasteiger partial charge on any atom is 0.237 e. The number of amides is 1. The second-order valence-corrected chi connectivity index (χ2v) is 5.16. The summed E-state index contributed by atoms with van der Waals surface area (Å²) in [6.07, 6.45) is 4.47. The van der Waals surface area contributed by atoms with E-state index in [1.165, 1.54) is 6.26 Å². The van der Waals surface area contributed by atoms with Crippen molar-refractivity contribution in [1.82, 2.24) is 10.6 Å². The average Bonchev–Trinajstić information content (AvgIpc) is 2.28. The first-order valence-corrected chi connectivity index (χ1v) is 6.31. The summed E-state index contributed by atoms with van der Waals surface area (Å²) in [7, 11) is 0. The minimum atomic E-state index is -0.0726. The second-order valence-electron chi connectivity index (χ2n) is 5.16. The summed E-state index contributed by atoms with van der Waals surface area (Å²) in [5.41, 5.74) is 0.0416. The molecule has 1 heterocycles. The van der Waals surface area contributed by atoms with E-state index in [1.54, 1.807) is 0 Å². The van der Waals surface area contributed by atoms with Crippen molar-refractivity contribution < 1.29 is 9.53 Å². The van der Waals surface area contributed by atoms with Gasteiger partial charge in [0.05, 0.1) is 18.9 Å². The fourth-order valence-corrected chi connectivity index (χ4v) is 2.21. The van der Waals surface area contributed by atoms with E-state index in [0.29, 0.717) is 13.2 Å². The molecule has 0 aliphatic carbocycles. The van der Waals surface area contributed by atoms with E-state index in [-0.39, 0.29) is 17.4 Å². The SMILES string of the molecule is C=COCCCNC(=O)C1NCCCC1(C)C. The Hall–Kier alpha value is -1.03. The van der Waals surface area contributed by atoms with Crippen molar-refractivity contribution in [3.05, 3.63) is 12.8 Å². The van der Waals surface area contributed by atoms with Crippen LogP contribution in [0, 0.1) is 5.41 Å². The number of hydrogen-bond acceptors (Lipinski definition) is 3. The molecule has 98 valence electrons. The molecule has 2 N–H and O–H groups in total. The van der Waals surface area contributed by atoms with E-state index in [2.05, 4.69) is 31.1 Å². The van der Waals surface area contributed by atoms with Gasteiger partial charge < -0.3 is 15.4 Å². The molecule has 0 saturated carbocycles. The van der Waals surface area contributed by atoms with Crippen LogP contribution < -0.4 is 10.6 Å². The van der Waals surface area contributed by atoms with Crippen LogP contribution in [0.2, 0.25) is 0 Å². The summed E-state index contributed by atoms with van der Waals surface area (Å²) in [4.78, 5) is 12.0. The zero-order valence-corrected chi connectivity index (χ0v) is 10.9. The molecule has 17 heavy (non-hydrogen) atoms. The highest BCUT2D eigenvalue weighted by atomic mass is 16.5. The fraction of sp³-hybridized carbons (Fsp3) is 0.769. The van der Waals surface area contributed by atoms with Crippen molar-refractivity contribution in [2.75, 3.05) is 19.7 Å². The Morgan fingerprint density at radius 3 is 3.06 bits per heavy atom. The standard InChI is InChI=1S/C13H24N2O2/c1-4-17-10-6-9-15-12(16)11-13(2,3)7-5-8-14-11/h4,11,14H,1,5-10H2,2-3H3,(H,15,16). The Morgan fingerprint density at radius 2 is 2.41 bits per heavy atom.